The van der Waals surface area contributed by atoms with Gasteiger partial charge in [0, 0.05) is 35.2 Å². The van der Waals surface area contributed by atoms with Gasteiger partial charge in [0.15, 0.2) is 0 Å². The van der Waals surface area contributed by atoms with Gasteiger partial charge in [-0.1, -0.05) is 104 Å². The third kappa shape index (κ3) is 5.90. The minimum Gasteiger partial charge on any atom is -0.311 e. The van der Waals surface area contributed by atoms with Crippen LogP contribution >= 0.6 is 0 Å². The lowest BCUT2D eigenvalue weighted by molar-refractivity contribution is 0.370. The molecule has 1 aliphatic heterocycles. The molecule has 1 unspecified atom stereocenters. The monoisotopic (exact) mass is 611 g/mol. The zero-order valence-corrected chi connectivity index (χ0v) is 26.9. The van der Waals surface area contributed by atoms with Crippen LogP contribution in [0.15, 0.2) is 175 Å². The molecule has 0 bridgehead atoms. The summed E-state index contributed by atoms with van der Waals surface area (Å²) in [6.07, 6.45) is 13.8. The van der Waals surface area contributed by atoms with Crippen LogP contribution in [-0.4, -0.2) is 11.6 Å². The Morgan fingerprint density at radius 1 is 0.617 bits per heavy atom. The topological polar surface area (TPSA) is 9.72 Å². The minimum atomic E-state index is 0.363. The van der Waals surface area contributed by atoms with Gasteiger partial charge >= 0.3 is 0 Å². The molecule has 3 aliphatic rings. The van der Waals surface area contributed by atoms with E-state index >= 15 is 0 Å². The summed E-state index contributed by atoms with van der Waals surface area (Å²) in [5.41, 5.74) is 11.4. The molecule has 5 aromatic carbocycles. The Hall–Kier alpha value is -5.28. The highest BCUT2D eigenvalue weighted by atomic mass is 15.6. The van der Waals surface area contributed by atoms with Crippen LogP contribution in [0.4, 0.5) is 22.7 Å². The van der Waals surface area contributed by atoms with Gasteiger partial charge in [-0.3, -0.25) is 10.0 Å². The van der Waals surface area contributed by atoms with Gasteiger partial charge in [0.1, 0.15) is 0 Å². The molecule has 0 N–H and O–H groups in total. The van der Waals surface area contributed by atoms with Crippen molar-refractivity contribution < 1.29 is 0 Å². The highest BCUT2D eigenvalue weighted by Crippen LogP contribution is 2.57. The molecule has 0 saturated heterocycles. The van der Waals surface area contributed by atoms with Crippen molar-refractivity contribution in [2.75, 3.05) is 16.5 Å². The SMILES string of the molecule is C=C1/C=C(N(c2ccccc2)c2ccc(C3C4=C3N(N(c3ccccc3)c3ccc5ccccc5c3)CC4)cc2)\C=C/CCCCC1. The van der Waals surface area contributed by atoms with Crippen molar-refractivity contribution in [3.63, 3.8) is 0 Å². The Morgan fingerprint density at radius 2 is 1.30 bits per heavy atom. The van der Waals surface area contributed by atoms with E-state index in [4.69, 9.17) is 0 Å². The molecule has 5 aromatic rings. The van der Waals surface area contributed by atoms with Crippen LogP contribution in [-0.2, 0) is 0 Å². The second-order valence-corrected chi connectivity index (χ2v) is 12.9. The van der Waals surface area contributed by atoms with Crippen LogP contribution in [0, 0.1) is 0 Å². The lowest BCUT2D eigenvalue weighted by Crippen LogP contribution is -2.37. The highest BCUT2D eigenvalue weighted by Gasteiger charge is 2.48. The van der Waals surface area contributed by atoms with Crippen LogP contribution < -0.4 is 9.91 Å². The van der Waals surface area contributed by atoms with Gasteiger partial charge in [0.05, 0.1) is 11.4 Å². The van der Waals surface area contributed by atoms with E-state index in [1.54, 1.807) is 5.57 Å². The molecule has 0 saturated carbocycles. The van der Waals surface area contributed by atoms with Gasteiger partial charge in [-0.2, -0.15) is 0 Å². The molecule has 1 atom stereocenters. The van der Waals surface area contributed by atoms with E-state index < -0.39 is 0 Å². The van der Waals surface area contributed by atoms with Gasteiger partial charge < -0.3 is 4.90 Å². The smallest absolute Gasteiger partial charge is 0.0639 e. The molecule has 2 aliphatic carbocycles. The molecule has 0 amide bonds. The summed E-state index contributed by atoms with van der Waals surface area (Å²) in [5.74, 6) is 0.363. The number of benzene rings is 5. The first-order valence-corrected chi connectivity index (χ1v) is 17.1. The van der Waals surface area contributed by atoms with Crippen LogP contribution in [0.3, 0.4) is 0 Å². The van der Waals surface area contributed by atoms with Crippen molar-refractivity contribution in [1.82, 2.24) is 5.01 Å². The zero-order valence-electron chi connectivity index (χ0n) is 26.9. The largest absolute Gasteiger partial charge is 0.311 e. The number of para-hydroxylation sites is 2. The Bertz CT molecular complexity index is 1990. The lowest BCUT2D eigenvalue weighted by atomic mass is 10.0. The number of hydrogen-bond acceptors (Lipinski definition) is 3. The third-order valence-corrected chi connectivity index (χ3v) is 9.72. The number of piperidine rings is 1. The third-order valence-electron chi connectivity index (χ3n) is 9.72. The first kappa shape index (κ1) is 29.1. The number of hydrazine groups is 1. The van der Waals surface area contributed by atoms with Crippen molar-refractivity contribution in [3.05, 3.63) is 180 Å². The molecular weight excluding hydrogens is 571 g/mol. The van der Waals surface area contributed by atoms with Crippen molar-refractivity contribution in [3.8, 4) is 0 Å². The van der Waals surface area contributed by atoms with Gasteiger partial charge in [-0.25, -0.2) is 0 Å². The minimum absolute atomic E-state index is 0.363. The summed E-state index contributed by atoms with van der Waals surface area (Å²) in [7, 11) is 0. The zero-order chi connectivity index (χ0) is 31.6. The maximum atomic E-state index is 4.41. The normalized spacial score (nSPS) is 19.6. The molecule has 0 spiro atoms. The van der Waals surface area contributed by atoms with E-state index in [0.717, 1.165) is 31.5 Å². The van der Waals surface area contributed by atoms with E-state index in [2.05, 4.69) is 167 Å². The van der Waals surface area contributed by atoms with Crippen LogP contribution in [0.1, 0.15) is 50.0 Å². The van der Waals surface area contributed by atoms with Crippen molar-refractivity contribution in [1.29, 1.82) is 0 Å². The van der Waals surface area contributed by atoms with E-state index in [1.165, 1.54) is 69.6 Å². The van der Waals surface area contributed by atoms with Gasteiger partial charge in [0.2, 0.25) is 0 Å². The predicted molar refractivity (Wildman–Crippen MR) is 198 cm³/mol. The lowest BCUT2D eigenvalue weighted by Gasteiger charge is -2.37. The first-order chi connectivity index (χ1) is 23.2. The summed E-state index contributed by atoms with van der Waals surface area (Å²) in [5, 5.41) is 7.46. The Balaban J connectivity index is 1.10. The molecule has 0 radical (unpaired) electrons. The number of rotatable bonds is 7. The summed E-state index contributed by atoms with van der Waals surface area (Å²) >= 11 is 0. The predicted octanol–water partition coefficient (Wildman–Crippen LogP) is 11.7. The molecule has 0 aromatic heterocycles. The first-order valence-electron chi connectivity index (χ1n) is 17.1. The molecule has 3 nitrogen and oxygen atoms in total. The number of nitrogens with zero attached hydrogens (tertiary/aromatic N) is 3. The maximum Gasteiger partial charge on any atom is 0.0639 e. The van der Waals surface area contributed by atoms with E-state index in [-0.39, 0.29) is 0 Å². The van der Waals surface area contributed by atoms with Crippen molar-refractivity contribution >= 4 is 33.5 Å². The van der Waals surface area contributed by atoms with Crippen molar-refractivity contribution in [2.24, 2.45) is 0 Å². The average molecular weight is 612 g/mol. The second kappa shape index (κ2) is 12.8. The Morgan fingerprint density at radius 3 is 2.09 bits per heavy atom. The average Bonchev–Trinajstić information content (AvgIpc) is 3.69. The molecule has 1 heterocycles. The van der Waals surface area contributed by atoms with Gasteiger partial charge in [0.25, 0.3) is 0 Å². The van der Waals surface area contributed by atoms with E-state index in [1.807, 2.05) is 0 Å². The Labute approximate surface area is 279 Å². The molecular formula is C44H41N3. The van der Waals surface area contributed by atoms with Crippen LogP contribution in [0.5, 0.6) is 0 Å². The van der Waals surface area contributed by atoms with E-state index in [0.29, 0.717) is 5.92 Å². The molecule has 3 heteroatoms. The fourth-order valence-electron chi connectivity index (χ4n) is 7.36. The fraction of sp³-hybridized carbons (Fsp3) is 0.182. The summed E-state index contributed by atoms with van der Waals surface area (Å²) in [6.45, 7) is 5.41. The summed E-state index contributed by atoms with van der Waals surface area (Å²) in [6, 6.07) is 46.3. The summed E-state index contributed by atoms with van der Waals surface area (Å²) in [4.78, 5) is 2.38. The summed E-state index contributed by atoms with van der Waals surface area (Å²) < 4.78 is 0. The van der Waals surface area contributed by atoms with Gasteiger partial charge in [-0.15, -0.1) is 0 Å². The molecule has 0 fully saturated rings. The van der Waals surface area contributed by atoms with Gasteiger partial charge in [-0.05, 0) is 115 Å². The molecule has 47 heavy (non-hydrogen) atoms. The van der Waals surface area contributed by atoms with Crippen molar-refractivity contribution in [2.45, 2.75) is 44.4 Å². The number of anilines is 4. The number of hydrogen-bond donors (Lipinski definition) is 0. The van der Waals surface area contributed by atoms with Crippen LogP contribution in [0.25, 0.3) is 10.8 Å². The van der Waals surface area contributed by atoms with Crippen LogP contribution in [0.2, 0.25) is 0 Å². The maximum absolute atomic E-state index is 4.41. The number of allylic oxidation sites excluding steroid dienone is 5. The quantitative estimate of drug-likeness (QED) is 0.181. The number of fused-ring (bicyclic) bond motifs is 1. The Kier molecular flexibility index (Phi) is 7.97. The molecule has 8 rings (SSSR count). The second-order valence-electron chi connectivity index (χ2n) is 12.9. The highest BCUT2D eigenvalue weighted by molar-refractivity contribution is 5.87. The van der Waals surface area contributed by atoms with E-state index in [9.17, 15) is 0 Å². The molecule has 232 valence electrons. The fourth-order valence-corrected chi connectivity index (χ4v) is 7.36. The standard InChI is InChI=1S/C44H41N3/c1-33-15-7-3-2-4-8-22-40(31-33)46(37-18-9-5-10-19-37)38-26-24-35(25-27-38)43-42-29-30-45(44(42)43)47(39-20-11-6-12-21-39)41-28-23-34-16-13-14-17-36(34)32-41/h5-6,8-14,16-28,31-32,43H,1-4,7,15,29-30H2/b22-8-,40-31+.